The minimum Gasteiger partial charge on any atom is -0.492 e. The number of amides is 2. The predicted molar refractivity (Wildman–Crippen MR) is 121 cm³/mol. The quantitative estimate of drug-likeness (QED) is 0.669. The number of rotatable bonds is 8. The lowest BCUT2D eigenvalue weighted by molar-refractivity contribution is -0.133. The van der Waals surface area contributed by atoms with Crippen LogP contribution in [0.15, 0.2) is 54.6 Å². The fraction of sp³-hybridized carbons (Fsp3) is 0.364. The zero-order valence-corrected chi connectivity index (χ0v) is 17.8. The second-order valence-corrected chi connectivity index (χ2v) is 6.91. The summed E-state index contributed by atoms with van der Waals surface area (Å²) < 4.78 is 5.41. The number of carbonyl (C=O) groups excluding carboxylic acids is 2. The molecule has 1 fully saturated rings. The van der Waals surface area contributed by atoms with Gasteiger partial charge in [-0.3, -0.25) is 9.59 Å². The molecule has 162 valence electrons. The molecule has 0 bridgehead atoms. The van der Waals surface area contributed by atoms with Gasteiger partial charge in [-0.2, -0.15) is 0 Å². The Morgan fingerprint density at radius 1 is 0.933 bits per heavy atom. The van der Waals surface area contributed by atoms with Crippen LogP contribution >= 0.6 is 12.4 Å². The van der Waals surface area contributed by atoms with E-state index in [0.717, 1.165) is 13.1 Å². The molecule has 2 aromatic rings. The molecule has 3 N–H and O–H groups in total. The summed E-state index contributed by atoms with van der Waals surface area (Å²) in [5, 5.41) is 2.81. The molecular formula is C22H29ClN4O3. The first-order valence-electron chi connectivity index (χ1n) is 9.96. The summed E-state index contributed by atoms with van der Waals surface area (Å²) in [5.74, 6) is 0.563. The molecule has 1 saturated heterocycles. The van der Waals surface area contributed by atoms with Crippen molar-refractivity contribution in [3.63, 3.8) is 0 Å². The fourth-order valence-corrected chi connectivity index (χ4v) is 3.27. The number of piperazine rings is 1. The zero-order valence-electron chi connectivity index (χ0n) is 17.0. The van der Waals surface area contributed by atoms with Gasteiger partial charge in [0.05, 0.1) is 0 Å². The summed E-state index contributed by atoms with van der Waals surface area (Å²) in [6.07, 6.45) is 0.387. The van der Waals surface area contributed by atoms with Gasteiger partial charge in [-0.1, -0.05) is 18.2 Å². The first-order valence-corrected chi connectivity index (χ1v) is 9.96. The van der Waals surface area contributed by atoms with Crippen LogP contribution in [0.25, 0.3) is 0 Å². The smallest absolute Gasteiger partial charge is 0.224 e. The van der Waals surface area contributed by atoms with Crippen LogP contribution in [0.4, 0.5) is 11.4 Å². The highest BCUT2D eigenvalue weighted by atomic mass is 35.5. The third-order valence-electron chi connectivity index (χ3n) is 4.84. The number of nitrogens with two attached hydrogens (primary N) is 1. The Bertz CT molecular complexity index is 794. The van der Waals surface area contributed by atoms with Crippen LogP contribution in [0.3, 0.4) is 0 Å². The molecule has 7 nitrogen and oxygen atoms in total. The van der Waals surface area contributed by atoms with Crippen molar-refractivity contribution in [2.24, 2.45) is 5.73 Å². The summed E-state index contributed by atoms with van der Waals surface area (Å²) in [7, 11) is 0. The number of para-hydroxylation sites is 1. The first-order chi connectivity index (χ1) is 14.2. The summed E-state index contributed by atoms with van der Waals surface area (Å²) >= 11 is 0. The maximum Gasteiger partial charge on any atom is 0.224 e. The number of hydrogen-bond acceptors (Lipinski definition) is 5. The van der Waals surface area contributed by atoms with Gasteiger partial charge in [0, 0.05) is 56.9 Å². The van der Waals surface area contributed by atoms with Crippen LogP contribution in [0.2, 0.25) is 0 Å². The number of halogens is 1. The number of nitrogens with zero attached hydrogens (tertiary/aromatic N) is 2. The Labute approximate surface area is 183 Å². The molecular weight excluding hydrogens is 404 g/mol. The van der Waals surface area contributed by atoms with Gasteiger partial charge in [-0.25, -0.2) is 0 Å². The molecule has 0 radical (unpaired) electrons. The molecule has 8 heteroatoms. The van der Waals surface area contributed by atoms with Crippen molar-refractivity contribution < 1.29 is 14.3 Å². The van der Waals surface area contributed by atoms with E-state index in [9.17, 15) is 9.59 Å². The monoisotopic (exact) mass is 432 g/mol. The number of nitrogens with one attached hydrogen (secondary N) is 1. The summed E-state index contributed by atoms with van der Waals surface area (Å²) in [6.45, 7) is 3.88. The topological polar surface area (TPSA) is 87.9 Å². The van der Waals surface area contributed by atoms with E-state index in [-0.39, 0.29) is 37.1 Å². The molecule has 0 atom stereocenters. The second kappa shape index (κ2) is 12.0. The van der Waals surface area contributed by atoms with Crippen molar-refractivity contribution >= 4 is 35.6 Å². The Balaban J connectivity index is 0.00000320. The Kier molecular flexibility index (Phi) is 9.44. The van der Waals surface area contributed by atoms with Gasteiger partial charge >= 0.3 is 0 Å². The van der Waals surface area contributed by atoms with Gasteiger partial charge in [-0.15, -0.1) is 12.4 Å². The van der Waals surface area contributed by atoms with E-state index in [1.165, 1.54) is 5.69 Å². The number of hydrogen-bond donors (Lipinski definition) is 2. The standard InChI is InChI=1S/C22H28N4O3.ClH/c23-12-17-29-20-8-6-18(7-9-20)24-21(27)10-11-22(28)26-15-13-25(14-16-26)19-4-2-1-3-5-19;/h1-9H,10-17,23H2,(H,24,27);1H. The van der Waals surface area contributed by atoms with Crippen molar-refractivity contribution in [2.45, 2.75) is 12.8 Å². The highest BCUT2D eigenvalue weighted by molar-refractivity contribution is 5.93. The van der Waals surface area contributed by atoms with E-state index in [1.807, 2.05) is 23.1 Å². The maximum atomic E-state index is 12.4. The average Bonchev–Trinajstić information content (AvgIpc) is 2.78. The highest BCUT2D eigenvalue weighted by Crippen LogP contribution is 2.17. The zero-order chi connectivity index (χ0) is 20.5. The van der Waals surface area contributed by atoms with Gasteiger partial charge in [0.1, 0.15) is 12.4 Å². The van der Waals surface area contributed by atoms with Crippen molar-refractivity contribution in [3.8, 4) is 5.75 Å². The molecule has 1 aliphatic rings. The van der Waals surface area contributed by atoms with Crippen molar-refractivity contribution in [1.29, 1.82) is 0 Å². The number of benzene rings is 2. The lowest BCUT2D eigenvalue weighted by Gasteiger charge is -2.36. The molecule has 2 aromatic carbocycles. The number of carbonyl (C=O) groups is 2. The third kappa shape index (κ3) is 6.93. The molecule has 2 amide bonds. The number of ether oxygens (including phenoxy) is 1. The fourth-order valence-electron chi connectivity index (χ4n) is 3.27. The van der Waals surface area contributed by atoms with E-state index < -0.39 is 0 Å². The summed E-state index contributed by atoms with van der Waals surface area (Å²) in [5.41, 5.74) is 7.26. The van der Waals surface area contributed by atoms with Gasteiger partial charge in [0.25, 0.3) is 0 Å². The Morgan fingerprint density at radius 3 is 2.23 bits per heavy atom. The molecule has 0 unspecified atom stereocenters. The predicted octanol–water partition coefficient (Wildman–Crippen LogP) is 2.51. The molecule has 1 heterocycles. The molecule has 0 saturated carbocycles. The van der Waals surface area contributed by atoms with Gasteiger partial charge in [-0.05, 0) is 36.4 Å². The third-order valence-corrected chi connectivity index (χ3v) is 4.84. The average molecular weight is 433 g/mol. The van der Waals surface area contributed by atoms with E-state index in [1.54, 1.807) is 24.3 Å². The van der Waals surface area contributed by atoms with Crippen LogP contribution in [0, 0.1) is 0 Å². The van der Waals surface area contributed by atoms with Gasteiger partial charge in [0.2, 0.25) is 11.8 Å². The first kappa shape index (κ1) is 23.5. The minimum atomic E-state index is -0.170. The van der Waals surface area contributed by atoms with Crippen LogP contribution in [0.5, 0.6) is 5.75 Å². The normalized spacial score (nSPS) is 13.4. The maximum absolute atomic E-state index is 12.4. The van der Waals surface area contributed by atoms with Crippen molar-refractivity contribution in [2.75, 3.05) is 49.5 Å². The highest BCUT2D eigenvalue weighted by Gasteiger charge is 2.21. The largest absolute Gasteiger partial charge is 0.492 e. The molecule has 0 aromatic heterocycles. The lowest BCUT2D eigenvalue weighted by atomic mass is 10.2. The van der Waals surface area contributed by atoms with Crippen LogP contribution in [-0.2, 0) is 9.59 Å². The van der Waals surface area contributed by atoms with Gasteiger partial charge < -0.3 is 25.6 Å². The lowest BCUT2D eigenvalue weighted by Crippen LogP contribution is -2.48. The SMILES string of the molecule is Cl.NCCOc1ccc(NC(=O)CCC(=O)N2CCN(c3ccccc3)CC2)cc1. The van der Waals surface area contributed by atoms with E-state index in [4.69, 9.17) is 10.5 Å². The number of anilines is 2. The molecule has 3 rings (SSSR count). The molecule has 1 aliphatic heterocycles. The Morgan fingerprint density at radius 2 is 1.60 bits per heavy atom. The van der Waals surface area contributed by atoms with Crippen LogP contribution in [-0.4, -0.2) is 56.0 Å². The van der Waals surface area contributed by atoms with Crippen molar-refractivity contribution in [1.82, 2.24) is 4.90 Å². The Hall–Kier alpha value is -2.77. The van der Waals surface area contributed by atoms with Crippen LogP contribution < -0.4 is 20.7 Å². The second-order valence-electron chi connectivity index (χ2n) is 6.91. The molecule has 0 spiro atoms. The van der Waals surface area contributed by atoms with E-state index in [2.05, 4.69) is 22.3 Å². The van der Waals surface area contributed by atoms with E-state index in [0.29, 0.717) is 37.7 Å². The molecule has 30 heavy (non-hydrogen) atoms. The van der Waals surface area contributed by atoms with Crippen molar-refractivity contribution in [3.05, 3.63) is 54.6 Å². The summed E-state index contributed by atoms with van der Waals surface area (Å²) in [6, 6.07) is 17.3. The van der Waals surface area contributed by atoms with Crippen LogP contribution in [0.1, 0.15) is 12.8 Å². The van der Waals surface area contributed by atoms with Gasteiger partial charge in [0.15, 0.2) is 0 Å². The molecule has 0 aliphatic carbocycles. The minimum absolute atomic E-state index is 0. The van der Waals surface area contributed by atoms with E-state index >= 15 is 0 Å². The summed E-state index contributed by atoms with van der Waals surface area (Å²) in [4.78, 5) is 28.7.